The molecule has 1 aromatic carbocycles. The number of hydrogen-bond donors (Lipinski definition) is 2. The number of ether oxygens (including phenoxy) is 1. The summed E-state index contributed by atoms with van der Waals surface area (Å²) in [6.45, 7) is 1.03. The number of carbonyl (C=O) groups excluding carboxylic acids is 1. The first-order valence-electron chi connectivity index (χ1n) is 9.11. The number of nitrogens with one attached hydrogen (secondary N) is 2. The van der Waals surface area contributed by atoms with Crippen molar-refractivity contribution >= 4 is 5.91 Å². The Hall–Kier alpha value is -2.01. The van der Waals surface area contributed by atoms with Crippen LogP contribution < -0.4 is 15.4 Å². The summed E-state index contributed by atoms with van der Waals surface area (Å²) in [5.74, 6) is 0.272. The molecule has 0 bridgehead atoms. The van der Waals surface area contributed by atoms with Crippen LogP contribution in [0.1, 0.15) is 5.56 Å². The summed E-state index contributed by atoms with van der Waals surface area (Å²) in [5.41, 5.74) is 0.667. The van der Waals surface area contributed by atoms with E-state index in [1.807, 2.05) is 10.2 Å². The van der Waals surface area contributed by atoms with Crippen molar-refractivity contribution in [2.75, 3.05) is 32.7 Å². The Morgan fingerprint density at radius 1 is 1.14 bits per heavy atom. The maximum Gasteiger partial charge on any atom is 0.573 e. The monoisotopic (exact) mass is 425 g/mol. The summed E-state index contributed by atoms with van der Waals surface area (Å²) >= 11 is 0. The molecule has 1 saturated heterocycles. The largest absolute Gasteiger partial charge is 0.573 e. The molecule has 1 saturated carbocycles. The van der Waals surface area contributed by atoms with E-state index in [0.717, 1.165) is 0 Å². The predicted molar refractivity (Wildman–Crippen MR) is 90.8 cm³/mol. The minimum absolute atomic E-state index is 0.0464. The van der Waals surface area contributed by atoms with Gasteiger partial charge in [-0.2, -0.15) is 13.2 Å². The lowest BCUT2D eigenvalue weighted by Crippen LogP contribution is -2.41. The quantitative estimate of drug-likeness (QED) is 0.629. The Kier molecular flexibility index (Phi) is 6.27. The van der Waals surface area contributed by atoms with Gasteiger partial charge in [0.25, 0.3) is 0 Å². The molecule has 162 valence electrons. The van der Waals surface area contributed by atoms with Gasteiger partial charge in [-0.05, 0) is 42.0 Å². The molecule has 0 radical (unpaired) electrons. The van der Waals surface area contributed by atoms with E-state index in [1.54, 1.807) is 6.07 Å². The number of nitrogens with zero attached hydrogens (tertiary/aromatic N) is 1. The third-order valence-corrected chi connectivity index (χ3v) is 5.14. The molecule has 0 spiro atoms. The normalized spacial score (nSPS) is 24.3. The van der Waals surface area contributed by atoms with Gasteiger partial charge in [0.1, 0.15) is 12.3 Å². The Bertz CT molecular complexity index is 712. The molecule has 29 heavy (non-hydrogen) atoms. The first kappa shape index (κ1) is 21.7. The zero-order chi connectivity index (χ0) is 21.2. The summed E-state index contributed by atoms with van der Waals surface area (Å²) in [7, 11) is 0. The molecule has 0 aromatic heterocycles. The lowest BCUT2D eigenvalue weighted by atomic mass is 10.2. The number of piperidine rings is 1. The van der Waals surface area contributed by atoms with Crippen LogP contribution in [0.25, 0.3) is 0 Å². The van der Waals surface area contributed by atoms with Crippen molar-refractivity contribution in [1.82, 2.24) is 15.5 Å². The molecule has 5 nitrogen and oxygen atoms in total. The van der Waals surface area contributed by atoms with Gasteiger partial charge in [0, 0.05) is 19.6 Å². The van der Waals surface area contributed by atoms with Gasteiger partial charge in [-0.1, -0.05) is 12.1 Å². The molecule has 1 aliphatic carbocycles. The smallest absolute Gasteiger partial charge is 0.406 e. The highest BCUT2D eigenvalue weighted by atomic mass is 19.4. The first-order valence-corrected chi connectivity index (χ1v) is 9.11. The molecule has 11 heteroatoms. The maximum absolute atomic E-state index is 12.3. The highest BCUT2D eigenvalue weighted by Gasteiger charge is 2.55. The van der Waals surface area contributed by atoms with E-state index >= 15 is 0 Å². The van der Waals surface area contributed by atoms with Crippen LogP contribution in [-0.2, 0) is 11.3 Å². The second-order valence-corrected chi connectivity index (χ2v) is 7.40. The number of likely N-dealkylation sites (tertiary alicyclic amines) is 1. The number of carbonyl (C=O) groups is 1. The van der Waals surface area contributed by atoms with E-state index in [0.29, 0.717) is 49.5 Å². The summed E-state index contributed by atoms with van der Waals surface area (Å²) in [6.07, 6.45) is -9.15. The second kappa shape index (κ2) is 8.39. The van der Waals surface area contributed by atoms with Crippen LogP contribution in [0.4, 0.5) is 26.3 Å². The Morgan fingerprint density at radius 2 is 1.83 bits per heavy atom. The number of rotatable bonds is 8. The number of benzene rings is 1. The molecule has 3 rings (SSSR count). The third kappa shape index (κ3) is 6.77. The molecule has 1 amide bonds. The van der Waals surface area contributed by atoms with Crippen LogP contribution in [0.15, 0.2) is 24.3 Å². The molecule has 2 N–H and O–H groups in total. The average Bonchev–Trinajstić information content (AvgIpc) is 3.03. The van der Waals surface area contributed by atoms with E-state index in [9.17, 15) is 31.1 Å². The van der Waals surface area contributed by atoms with Gasteiger partial charge in [0.2, 0.25) is 5.91 Å². The van der Waals surface area contributed by atoms with Gasteiger partial charge in [-0.3, -0.25) is 9.69 Å². The van der Waals surface area contributed by atoms with Gasteiger partial charge in [-0.25, -0.2) is 0 Å². The van der Waals surface area contributed by atoms with Crippen LogP contribution in [0, 0.1) is 17.8 Å². The lowest BCUT2D eigenvalue weighted by molar-refractivity contribution is -0.274. The standard InChI is InChI=1S/C18H21F6N3O2/c19-17(20,21)10-26-16(28)9-27-7-14-13(15(14)8-27)6-25-5-11-2-1-3-12(4-11)29-18(22,23)24/h1-4,13-15,25H,5-10H2,(H,26,28). The molecule has 2 fully saturated rings. The van der Waals surface area contributed by atoms with Crippen molar-refractivity contribution in [3.63, 3.8) is 0 Å². The van der Waals surface area contributed by atoms with Crippen molar-refractivity contribution in [2.24, 2.45) is 17.8 Å². The minimum atomic E-state index is -4.73. The van der Waals surface area contributed by atoms with E-state index in [2.05, 4.69) is 10.1 Å². The average molecular weight is 425 g/mol. The predicted octanol–water partition coefficient (Wildman–Crippen LogP) is 2.53. The van der Waals surface area contributed by atoms with Crippen molar-refractivity contribution in [3.8, 4) is 5.75 Å². The van der Waals surface area contributed by atoms with Crippen LogP contribution in [-0.4, -0.2) is 56.1 Å². The lowest BCUT2D eigenvalue weighted by Gasteiger charge is -2.19. The highest BCUT2D eigenvalue weighted by Crippen LogP contribution is 2.51. The number of amides is 1. The Morgan fingerprint density at radius 3 is 2.45 bits per heavy atom. The number of alkyl halides is 6. The zero-order valence-corrected chi connectivity index (χ0v) is 15.3. The second-order valence-electron chi connectivity index (χ2n) is 7.40. The van der Waals surface area contributed by atoms with Crippen molar-refractivity contribution in [2.45, 2.75) is 19.1 Å². The van der Waals surface area contributed by atoms with Gasteiger partial charge in [0.05, 0.1) is 6.54 Å². The number of fused-ring (bicyclic) bond motifs is 1. The van der Waals surface area contributed by atoms with E-state index < -0.39 is 25.0 Å². The molecule has 1 aliphatic heterocycles. The first-order chi connectivity index (χ1) is 13.5. The van der Waals surface area contributed by atoms with Crippen LogP contribution in [0.2, 0.25) is 0 Å². The Balaban J connectivity index is 1.33. The molecule has 2 atom stereocenters. The van der Waals surface area contributed by atoms with Gasteiger partial charge in [-0.15, -0.1) is 13.2 Å². The molecule has 2 unspecified atom stereocenters. The van der Waals surface area contributed by atoms with Gasteiger partial charge in [0.15, 0.2) is 0 Å². The van der Waals surface area contributed by atoms with Crippen molar-refractivity contribution in [3.05, 3.63) is 29.8 Å². The van der Waals surface area contributed by atoms with E-state index in [-0.39, 0.29) is 12.3 Å². The van der Waals surface area contributed by atoms with Crippen molar-refractivity contribution in [1.29, 1.82) is 0 Å². The number of halogens is 6. The molecular weight excluding hydrogens is 404 g/mol. The fourth-order valence-corrected chi connectivity index (χ4v) is 3.86. The topological polar surface area (TPSA) is 53.6 Å². The molecule has 2 aliphatic rings. The van der Waals surface area contributed by atoms with Crippen LogP contribution in [0.3, 0.4) is 0 Å². The van der Waals surface area contributed by atoms with Crippen molar-refractivity contribution < 1.29 is 35.9 Å². The van der Waals surface area contributed by atoms with E-state index in [1.165, 1.54) is 18.2 Å². The SMILES string of the molecule is O=C(CN1CC2C(CNCc3cccc(OC(F)(F)F)c3)C2C1)NCC(F)(F)F. The summed E-state index contributed by atoms with van der Waals surface area (Å²) < 4.78 is 77.0. The maximum atomic E-state index is 12.3. The molecule has 1 aromatic rings. The van der Waals surface area contributed by atoms with Gasteiger partial charge >= 0.3 is 12.5 Å². The number of hydrogen-bond acceptors (Lipinski definition) is 4. The third-order valence-electron chi connectivity index (χ3n) is 5.14. The summed E-state index contributed by atoms with van der Waals surface area (Å²) in [5, 5.41) is 5.08. The fourth-order valence-electron chi connectivity index (χ4n) is 3.86. The minimum Gasteiger partial charge on any atom is -0.406 e. The van der Waals surface area contributed by atoms with Gasteiger partial charge < -0.3 is 15.4 Å². The van der Waals surface area contributed by atoms with Crippen LogP contribution in [0.5, 0.6) is 5.75 Å². The Labute approximate surface area is 163 Å². The van der Waals surface area contributed by atoms with Crippen LogP contribution >= 0.6 is 0 Å². The zero-order valence-electron chi connectivity index (χ0n) is 15.3. The fraction of sp³-hybridized carbons (Fsp3) is 0.611. The summed E-state index contributed by atoms with van der Waals surface area (Å²) in [4.78, 5) is 13.4. The van der Waals surface area contributed by atoms with E-state index in [4.69, 9.17) is 0 Å². The molecule has 1 heterocycles. The summed E-state index contributed by atoms with van der Waals surface area (Å²) in [6, 6.07) is 5.76. The highest BCUT2D eigenvalue weighted by molar-refractivity contribution is 5.78. The molecular formula is C18H21F6N3O2.